The Morgan fingerprint density at radius 1 is 0.889 bits per heavy atom. The van der Waals surface area contributed by atoms with Crippen LogP contribution in [0, 0.1) is 0 Å². The second kappa shape index (κ2) is 9.90. The van der Waals surface area contributed by atoms with E-state index in [4.69, 9.17) is 0 Å². The molecule has 6 rings (SSSR count). The van der Waals surface area contributed by atoms with Gasteiger partial charge in [0.25, 0.3) is 5.91 Å². The molecule has 0 atom stereocenters. The number of nitrogens with zero attached hydrogens (tertiary/aromatic N) is 8. The zero-order valence-electron chi connectivity index (χ0n) is 19.5. The van der Waals surface area contributed by atoms with Crippen molar-refractivity contribution in [2.24, 2.45) is 0 Å². The number of carbonyl (C=O) groups excluding carboxylic acids is 1. The van der Waals surface area contributed by atoms with Crippen molar-refractivity contribution >= 4 is 23.3 Å². The molecule has 0 radical (unpaired) electrons. The summed E-state index contributed by atoms with van der Waals surface area (Å²) < 4.78 is 3.79. The van der Waals surface area contributed by atoms with Crippen molar-refractivity contribution in [3.8, 4) is 5.69 Å². The molecule has 36 heavy (non-hydrogen) atoms. The Morgan fingerprint density at radius 2 is 1.67 bits per heavy atom. The molecule has 1 aliphatic rings. The van der Waals surface area contributed by atoms with E-state index in [1.54, 1.807) is 16.4 Å². The molecule has 1 aliphatic heterocycles. The van der Waals surface area contributed by atoms with E-state index in [9.17, 15) is 4.79 Å². The first-order valence-electron chi connectivity index (χ1n) is 11.9. The number of amides is 1. The fourth-order valence-electron chi connectivity index (χ4n) is 4.63. The molecular formula is C26H24N8OS. The zero-order chi connectivity index (χ0) is 24.3. The van der Waals surface area contributed by atoms with Crippen LogP contribution in [-0.4, -0.2) is 58.7 Å². The van der Waals surface area contributed by atoms with E-state index in [0.717, 1.165) is 40.7 Å². The Morgan fingerprint density at radius 3 is 2.53 bits per heavy atom. The molecule has 3 aromatic heterocycles. The first kappa shape index (κ1) is 22.4. The van der Waals surface area contributed by atoms with Crippen LogP contribution in [0.1, 0.15) is 40.8 Å². The van der Waals surface area contributed by atoms with E-state index in [1.807, 2.05) is 83.9 Å². The number of carbonyl (C=O) groups is 1. The third kappa shape index (κ3) is 4.35. The Hall–Kier alpha value is -4.05. The van der Waals surface area contributed by atoms with Gasteiger partial charge in [0.1, 0.15) is 5.82 Å². The van der Waals surface area contributed by atoms with Crippen molar-refractivity contribution in [3.63, 3.8) is 0 Å². The number of likely N-dealkylation sites (tertiary alicyclic amines) is 1. The molecule has 9 nitrogen and oxygen atoms in total. The first-order chi connectivity index (χ1) is 17.8. The average molecular weight is 497 g/mol. The molecule has 1 fully saturated rings. The number of thioether (sulfide) groups is 1. The van der Waals surface area contributed by atoms with Crippen LogP contribution in [0.25, 0.3) is 11.3 Å². The Labute approximate surface area is 212 Å². The lowest BCUT2D eigenvalue weighted by atomic mass is 9.95. The fraction of sp³-hybridized carbons (Fsp3) is 0.231. The van der Waals surface area contributed by atoms with Gasteiger partial charge in [-0.15, -0.1) is 27.1 Å². The summed E-state index contributed by atoms with van der Waals surface area (Å²) in [4.78, 5) is 16.4. The number of pyridine rings is 1. The summed E-state index contributed by atoms with van der Waals surface area (Å²) in [5.74, 6) is 2.60. The van der Waals surface area contributed by atoms with Crippen molar-refractivity contribution in [1.29, 1.82) is 0 Å². The molecule has 0 bridgehead atoms. The summed E-state index contributed by atoms with van der Waals surface area (Å²) in [6, 6.07) is 23.5. The van der Waals surface area contributed by atoms with Crippen LogP contribution < -0.4 is 0 Å². The maximum absolute atomic E-state index is 13.5. The van der Waals surface area contributed by atoms with Crippen LogP contribution in [0.15, 0.2) is 83.9 Å². The van der Waals surface area contributed by atoms with Gasteiger partial charge in [0.2, 0.25) is 0 Å². The maximum atomic E-state index is 13.5. The highest BCUT2D eigenvalue weighted by Crippen LogP contribution is 2.31. The molecule has 1 amide bonds. The predicted octanol–water partition coefficient (Wildman–Crippen LogP) is 4.02. The number of tetrazole rings is 1. The fourth-order valence-corrected chi connectivity index (χ4v) is 5.58. The first-order valence-corrected chi connectivity index (χ1v) is 12.9. The van der Waals surface area contributed by atoms with Gasteiger partial charge in [-0.1, -0.05) is 36.4 Å². The summed E-state index contributed by atoms with van der Waals surface area (Å²) in [6.07, 6.45) is 3.73. The SMILES string of the molecule is O=C(c1ccccc1SCc1nnnn1-c1ccccc1)N1CCC(c2nnc3ccccn23)CC1. The molecule has 0 spiro atoms. The highest BCUT2D eigenvalue weighted by molar-refractivity contribution is 7.98. The Balaban J connectivity index is 1.14. The highest BCUT2D eigenvalue weighted by Gasteiger charge is 2.28. The quantitative estimate of drug-likeness (QED) is 0.328. The molecule has 5 aromatic rings. The second-order valence-corrected chi connectivity index (χ2v) is 9.70. The average Bonchev–Trinajstić information content (AvgIpc) is 3.60. The number of aromatic nitrogens is 7. The number of fused-ring (bicyclic) bond motifs is 1. The van der Waals surface area contributed by atoms with Gasteiger partial charge in [0.05, 0.1) is 17.0 Å². The summed E-state index contributed by atoms with van der Waals surface area (Å²) in [5.41, 5.74) is 2.48. The van der Waals surface area contributed by atoms with E-state index >= 15 is 0 Å². The van der Waals surface area contributed by atoms with E-state index < -0.39 is 0 Å². The summed E-state index contributed by atoms with van der Waals surface area (Å²) in [5, 5.41) is 20.9. The van der Waals surface area contributed by atoms with Crippen molar-refractivity contribution in [1.82, 2.24) is 39.7 Å². The molecule has 180 valence electrons. The van der Waals surface area contributed by atoms with E-state index in [-0.39, 0.29) is 11.8 Å². The number of piperidine rings is 1. The van der Waals surface area contributed by atoms with Crippen LogP contribution in [0.3, 0.4) is 0 Å². The molecule has 0 saturated carbocycles. The monoisotopic (exact) mass is 496 g/mol. The van der Waals surface area contributed by atoms with E-state index in [2.05, 4.69) is 30.1 Å². The highest BCUT2D eigenvalue weighted by atomic mass is 32.2. The second-order valence-electron chi connectivity index (χ2n) is 8.68. The van der Waals surface area contributed by atoms with Crippen LogP contribution in [0.2, 0.25) is 0 Å². The molecular weight excluding hydrogens is 472 g/mol. The van der Waals surface area contributed by atoms with E-state index in [0.29, 0.717) is 24.4 Å². The maximum Gasteiger partial charge on any atom is 0.254 e. The lowest BCUT2D eigenvalue weighted by molar-refractivity contribution is 0.0707. The van der Waals surface area contributed by atoms with Crippen LogP contribution in [0.5, 0.6) is 0 Å². The van der Waals surface area contributed by atoms with Gasteiger partial charge < -0.3 is 4.90 Å². The molecule has 1 saturated heterocycles. The van der Waals surface area contributed by atoms with E-state index in [1.165, 1.54) is 0 Å². The summed E-state index contributed by atoms with van der Waals surface area (Å²) in [7, 11) is 0. The smallest absolute Gasteiger partial charge is 0.254 e. The predicted molar refractivity (Wildman–Crippen MR) is 136 cm³/mol. The van der Waals surface area contributed by atoms with Crippen molar-refractivity contribution in [2.45, 2.75) is 29.4 Å². The number of hydrogen-bond acceptors (Lipinski definition) is 7. The van der Waals surface area contributed by atoms with Crippen LogP contribution >= 0.6 is 11.8 Å². The molecule has 4 heterocycles. The number of benzene rings is 2. The minimum Gasteiger partial charge on any atom is -0.339 e. The standard InChI is InChI=1S/C26H24N8OS/c35-26(32-16-13-19(14-17-32)25-29-27-23-12-6-7-15-33(23)25)21-10-4-5-11-22(21)36-18-24-28-30-31-34(24)20-8-2-1-3-9-20/h1-12,15,19H,13-14,16-18H2. The summed E-state index contributed by atoms with van der Waals surface area (Å²) in [6.45, 7) is 1.38. The molecule has 0 unspecified atom stereocenters. The van der Waals surface area contributed by atoms with Gasteiger partial charge >= 0.3 is 0 Å². The molecule has 0 N–H and O–H groups in total. The number of rotatable bonds is 6. The topological polar surface area (TPSA) is 94.1 Å². The van der Waals surface area contributed by atoms with Crippen LogP contribution in [0.4, 0.5) is 0 Å². The van der Waals surface area contributed by atoms with Gasteiger partial charge in [0.15, 0.2) is 11.5 Å². The van der Waals surface area contributed by atoms with Crippen molar-refractivity contribution in [2.75, 3.05) is 13.1 Å². The third-order valence-corrected chi connectivity index (χ3v) is 7.57. The molecule has 0 aliphatic carbocycles. The molecule has 2 aromatic carbocycles. The lowest BCUT2D eigenvalue weighted by Crippen LogP contribution is -2.38. The third-order valence-electron chi connectivity index (χ3n) is 6.50. The summed E-state index contributed by atoms with van der Waals surface area (Å²) >= 11 is 1.57. The minimum absolute atomic E-state index is 0.0605. The number of hydrogen-bond donors (Lipinski definition) is 0. The van der Waals surface area contributed by atoms with Crippen LogP contribution in [-0.2, 0) is 5.75 Å². The van der Waals surface area contributed by atoms with Gasteiger partial charge in [-0.3, -0.25) is 9.20 Å². The Bertz CT molecular complexity index is 1490. The molecule has 10 heteroatoms. The van der Waals surface area contributed by atoms with Gasteiger partial charge in [-0.25, -0.2) is 0 Å². The normalized spacial score (nSPS) is 14.4. The number of para-hydroxylation sites is 1. The van der Waals surface area contributed by atoms with Gasteiger partial charge in [0, 0.05) is 30.1 Å². The lowest BCUT2D eigenvalue weighted by Gasteiger charge is -2.31. The minimum atomic E-state index is 0.0605. The zero-order valence-corrected chi connectivity index (χ0v) is 20.3. The van der Waals surface area contributed by atoms with Crippen molar-refractivity contribution in [3.05, 3.63) is 96.2 Å². The van der Waals surface area contributed by atoms with Crippen molar-refractivity contribution < 1.29 is 4.79 Å². The van der Waals surface area contributed by atoms with Gasteiger partial charge in [-0.05, 0) is 59.7 Å². The van der Waals surface area contributed by atoms with Gasteiger partial charge in [-0.2, -0.15) is 4.68 Å². The largest absolute Gasteiger partial charge is 0.339 e. The Kier molecular flexibility index (Phi) is 6.17.